The van der Waals surface area contributed by atoms with Crippen molar-refractivity contribution in [2.24, 2.45) is 0 Å². The topological polar surface area (TPSA) is 100 Å². The Bertz CT molecular complexity index is 875. The van der Waals surface area contributed by atoms with Crippen molar-refractivity contribution >= 4 is 23.4 Å². The molecule has 1 aromatic rings. The Hall–Kier alpha value is -2.65. The monoisotopic (exact) mass is 474 g/mol. The lowest BCUT2D eigenvalue weighted by molar-refractivity contribution is -0.134. The van der Waals surface area contributed by atoms with Gasteiger partial charge in [0.15, 0.2) is 0 Å². The Labute approximate surface area is 202 Å². The van der Waals surface area contributed by atoms with Crippen LogP contribution in [0.4, 0.5) is 5.69 Å². The lowest BCUT2D eigenvalue weighted by atomic mass is 9.94. The molecule has 2 heterocycles. The van der Waals surface area contributed by atoms with Crippen molar-refractivity contribution in [3.63, 3.8) is 0 Å². The molecule has 2 aliphatic rings. The van der Waals surface area contributed by atoms with Crippen LogP contribution in [0.5, 0.6) is 5.75 Å². The predicted octanol–water partition coefficient (Wildman–Crippen LogP) is 2.26. The van der Waals surface area contributed by atoms with Crippen molar-refractivity contribution in [3.8, 4) is 5.75 Å². The Morgan fingerprint density at radius 3 is 2.74 bits per heavy atom. The first-order chi connectivity index (χ1) is 16.3. The van der Waals surface area contributed by atoms with E-state index in [0.29, 0.717) is 42.8 Å². The molecule has 9 nitrogen and oxygen atoms in total. The number of nitrogens with zero attached hydrogens (tertiary/aromatic N) is 2. The van der Waals surface area contributed by atoms with Crippen LogP contribution in [0.1, 0.15) is 55.8 Å². The normalized spacial score (nSPS) is 22.2. The van der Waals surface area contributed by atoms with Gasteiger partial charge in [0.2, 0.25) is 11.8 Å². The number of hydrogen-bond acceptors (Lipinski definition) is 6. The fourth-order valence-electron chi connectivity index (χ4n) is 4.46. The zero-order chi connectivity index (χ0) is 24.7. The first-order valence-corrected chi connectivity index (χ1v) is 12.2. The number of anilines is 1. The minimum atomic E-state index is -0.314. The fourth-order valence-corrected chi connectivity index (χ4v) is 4.46. The van der Waals surface area contributed by atoms with Crippen LogP contribution in [0.2, 0.25) is 0 Å². The van der Waals surface area contributed by atoms with Gasteiger partial charge in [-0.2, -0.15) is 0 Å². The highest BCUT2D eigenvalue weighted by Crippen LogP contribution is 2.32. The van der Waals surface area contributed by atoms with E-state index in [4.69, 9.17) is 9.47 Å². The van der Waals surface area contributed by atoms with Crippen molar-refractivity contribution < 1.29 is 23.9 Å². The first-order valence-electron chi connectivity index (χ1n) is 12.2. The SMILES string of the molecule is CCCC(=O)Nc1ccc2c(c1)C(=O)N(C)[C@H]1CC[C@@H](CC(=O)NCCCN(C)C)O[C@H]1CO2. The second-order valence-electron chi connectivity index (χ2n) is 9.39. The van der Waals surface area contributed by atoms with E-state index in [1.54, 1.807) is 30.1 Å². The Morgan fingerprint density at radius 1 is 1.21 bits per heavy atom. The number of carbonyl (C=O) groups excluding carboxylic acids is 3. The maximum Gasteiger partial charge on any atom is 0.257 e. The van der Waals surface area contributed by atoms with E-state index in [1.807, 2.05) is 21.0 Å². The van der Waals surface area contributed by atoms with Crippen LogP contribution in [-0.4, -0.2) is 86.6 Å². The van der Waals surface area contributed by atoms with Gasteiger partial charge in [0.25, 0.3) is 5.91 Å². The summed E-state index contributed by atoms with van der Waals surface area (Å²) in [4.78, 5) is 41.4. The third kappa shape index (κ3) is 6.93. The van der Waals surface area contributed by atoms with E-state index in [0.717, 1.165) is 25.8 Å². The third-order valence-electron chi connectivity index (χ3n) is 6.29. The smallest absolute Gasteiger partial charge is 0.257 e. The highest BCUT2D eigenvalue weighted by molar-refractivity contribution is 5.99. The average Bonchev–Trinajstić information content (AvgIpc) is 2.79. The summed E-state index contributed by atoms with van der Waals surface area (Å²) in [6, 6.07) is 4.99. The second kappa shape index (κ2) is 12.2. The van der Waals surface area contributed by atoms with Crippen LogP contribution in [0.25, 0.3) is 0 Å². The highest BCUT2D eigenvalue weighted by atomic mass is 16.5. The molecule has 1 saturated heterocycles. The molecule has 1 fully saturated rings. The maximum atomic E-state index is 13.3. The van der Waals surface area contributed by atoms with Crippen LogP contribution in [0.15, 0.2) is 18.2 Å². The molecular weight excluding hydrogens is 436 g/mol. The Kier molecular flexibility index (Phi) is 9.29. The molecule has 0 radical (unpaired) electrons. The Morgan fingerprint density at radius 2 is 2.00 bits per heavy atom. The summed E-state index contributed by atoms with van der Waals surface area (Å²) in [7, 11) is 5.80. The van der Waals surface area contributed by atoms with Crippen molar-refractivity contribution in [1.82, 2.24) is 15.1 Å². The average molecular weight is 475 g/mol. The zero-order valence-corrected chi connectivity index (χ0v) is 20.8. The summed E-state index contributed by atoms with van der Waals surface area (Å²) in [5.74, 6) is 0.204. The second-order valence-corrected chi connectivity index (χ2v) is 9.39. The number of ether oxygens (including phenoxy) is 2. The van der Waals surface area contributed by atoms with Crippen LogP contribution >= 0.6 is 0 Å². The standard InChI is InChI=1S/C25H38N4O5/c1-5-7-23(30)27-17-8-11-21-19(14-17)25(32)29(4)20-10-9-18(34-22(20)16-33-21)15-24(31)26-12-6-13-28(2)3/h8,11,14,18,20,22H,5-7,9-10,12-13,15-16H2,1-4H3,(H,26,31)(H,27,30)/t18-,20-,22-/m0/s1. The van der Waals surface area contributed by atoms with E-state index in [-0.39, 0.29) is 42.6 Å². The van der Waals surface area contributed by atoms with Gasteiger partial charge in [0.05, 0.1) is 24.1 Å². The van der Waals surface area contributed by atoms with Gasteiger partial charge in [-0.1, -0.05) is 6.92 Å². The number of hydrogen-bond donors (Lipinski definition) is 2. The number of carbonyl (C=O) groups is 3. The molecule has 0 aliphatic carbocycles. The van der Waals surface area contributed by atoms with Gasteiger partial charge < -0.3 is 29.9 Å². The summed E-state index contributed by atoms with van der Waals surface area (Å²) in [5.41, 5.74) is 1.01. The minimum Gasteiger partial charge on any atom is -0.490 e. The molecule has 3 rings (SSSR count). The van der Waals surface area contributed by atoms with Gasteiger partial charge in [0.1, 0.15) is 18.5 Å². The molecule has 9 heteroatoms. The van der Waals surface area contributed by atoms with Gasteiger partial charge in [-0.05, 0) is 64.5 Å². The molecule has 3 amide bonds. The number of amides is 3. The van der Waals surface area contributed by atoms with Gasteiger partial charge in [-0.15, -0.1) is 0 Å². The number of rotatable bonds is 9. The molecule has 0 unspecified atom stereocenters. The molecule has 2 aliphatic heterocycles. The molecule has 2 N–H and O–H groups in total. The summed E-state index contributed by atoms with van der Waals surface area (Å²) in [6.45, 7) is 3.81. The largest absolute Gasteiger partial charge is 0.490 e. The third-order valence-corrected chi connectivity index (χ3v) is 6.29. The molecular formula is C25H38N4O5. The number of fused-ring (bicyclic) bond motifs is 2. The molecule has 1 aromatic carbocycles. The van der Waals surface area contributed by atoms with Crippen molar-refractivity contribution in [3.05, 3.63) is 23.8 Å². The lowest BCUT2D eigenvalue weighted by Crippen LogP contribution is -2.54. The quantitative estimate of drug-likeness (QED) is 0.533. The minimum absolute atomic E-state index is 0.0126. The maximum absolute atomic E-state index is 13.3. The number of likely N-dealkylation sites (N-methyl/N-ethyl adjacent to an activating group) is 1. The van der Waals surface area contributed by atoms with Crippen LogP contribution in [0, 0.1) is 0 Å². The first kappa shape index (κ1) is 26.0. The van der Waals surface area contributed by atoms with Gasteiger partial charge in [-0.25, -0.2) is 0 Å². The predicted molar refractivity (Wildman–Crippen MR) is 130 cm³/mol. The summed E-state index contributed by atoms with van der Waals surface area (Å²) in [5, 5.41) is 5.80. The highest BCUT2D eigenvalue weighted by Gasteiger charge is 2.39. The van der Waals surface area contributed by atoms with Crippen LogP contribution < -0.4 is 15.4 Å². The van der Waals surface area contributed by atoms with Crippen LogP contribution in [0.3, 0.4) is 0 Å². The van der Waals surface area contributed by atoms with Gasteiger partial charge in [-0.3, -0.25) is 14.4 Å². The zero-order valence-electron chi connectivity index (χ0n) is 20.8. The fraction of sp³-hybridized carbons (Fsp3) is 0.640. The van der Waals surface area contributed by atoms with E-state index in [2.05, 4.69) is 15.5 Å². The van der Waals surface area contributed by atoms with Crippen molar-refractivity contribution in [2.45, 2.75) is 63.7 Å². The van der Waals surface area contributed by atoms with Gasteiger partial charge in [0, 0.05) is 25.7 Å². The summed E-state index contributed by atoms with van der Waals surface area (Å²) < 4.78 is 12.2. The molecule has 0 saturated carbocycles. The number of benzene rings is 1. The van der Waals surface area contributed by atoms with E-state index >= 15 is 0 Å². The lowest BCUT2D eigenvalue weighted by Gasteiger charge is -2.42. The molecule has 0 spiro atoms. The van der Waals surface area contributed by atoms with Crippen molar-refractivity contribution in [1.29, 1.82) is 0 Å². The molecule has 34 heavy (non-hydrogen) atoms. The van der Waals surface area contributed by atoms with E-state index in [1.165, 1.54) is 0 Å². The van der Waals surface area contributed by atoms with Crippen molar-refractivity contribution in [2.75, 3.05) is 46.2 Å². The molecule has 0 bridgehead atoms. The van der Waals surface area contributed by atoms with Gasteiger partial charge >= 0.3 is 0 Å². The van der Waals surface area contributed by atoms with Crippen LogP contribution in [-0.2, 0) is 14.3 Å². The van der Waals surface area contributed by atoms with E-state index < -0.39 is 0 Å². The number of nitrogens with one attached hydrogen (secondary N) is 2. The summed E-state index contributed by atoms with van der Waals surface area (Å²) in [6.07, 6.45) is 3.31. The van der Waals surface area contributed by atoms with E-state index in [9.17, 15) is 14.4 Å². The molecule has 0 aromatic heterocycles. The Balaban J connectivity index is 1.61. The molecule has 3 atom stereocenters. The molecule has 188 valence electrons. The summed E-state index contributed by atoms with van der Waals surface area (Å²) >= 11 is 0.